The van der Waals surface area contributed by atoms with E-state index in [1.54, 1.807) is 0 Å². The van der Waals surface area contributed by atoms with Crippen molar-refractivity contribution in [1.82, 2.24) is 14.8 Å². The predicted octanol–water partition coefficient (Wildman–Crippen LogP) is 2.58. The van der Waals surface area contributed by atoms with E-state index in [1.807, 2.05) is 24.3 Å². The number of nitrogens with zero attached hydrogens (tertiary/aromatic N) is 3. The van der Waals surface area contributed by atoms with Crippen molar-refractivity contribution in [2.24, 2.45) is 0 Å². The van der Waals surface area contributed by atoms with Gasteiger partial charge in [-0.2, -0.15) is 0 Å². The summed E-state index contributed by atoms with van der Waals surface area (Å²) in [7, 11) is 0. The Morgan fingerprint density at radius 2 is 2.17 bits per heavy atom. The van der Waals surface area contributed by atoms with E-state index in [2.05, 4.69) is 30.7 Å². The van der Waals surface area contributed by atoms with Crippen molar-refractivity contribution in [3.05, 3.63) is 34.6 Å². The highest BCUT2D eigenvalue weighted by molar-refractivity contribution is 9.10. The van der Waals surface area contributed by atoms with E-state index in [0.717, 1.165) is 40.9 Å². The van der Waals surface area contributed by atoms with E-state index in [1.165, 1.54) is 0 Å². The van der Waals surface area contributed by atoms with Crippen LogP contribution in [0.15, 0.2) is 28.7 Å². The van der Waals surface area contributed by atoms with E-state index >= 15 is 0 Å². The highest BCUT2D eigenvalue weighted by Crippen LogP contribution is 2.32. The molecule has 1 unspecified atom stereocenters. The minimum absolute atomic E-state index is 0.103. The Bertz CT molecular complexity index is 567. The quantitative estimate of drug-likeness (QED) is 0.928. The molecule has 0 fully saturated rings. The first-order valence-corrected chi connectivity index (χ1v) is 6.90. The molecule has 1 aliphatic rings. The van der Waals surface area contributed by atoms with Crippen LogP contribution < -0.4 is 0 Å². The van der Waals surface area contributed by atoms with Crippen LogP contribution in [0, 0.1) is 0 Å². The number of rotatable bonds is 2. The highest BCUT2D eigenvalue weighted by atomic mass is 79.9. The van der Waals surface area contributed by atoms with Crippen molar-refractivity contribution >= 4 is 15.9 Å². The van der Waals surface area contributed by atoms with Gasteiger partial charge in [0.05, 0.1) is 12.6 Å². The first kappa shape index (κ1) is 11.9. The Balaban J connectivity index is 2.14. The normalized spacial score (nSPS) is 18.7. The SMILES string of the molecule is OCC1CCCc2nnc(-c3ccccc3Br)n21. The fourth-order valence-corrected chi connectivity index (χ4v) is 2.96. The summed E-state index contributed by atoms with van der Waals surface area (Å²) >= 11 is 3.54. The van der Waals surface area contributed by atoms with Crippen LogP contribution in [-0.4, -0.2) is 26.5 Å². The molecule has 18 heavy (non-hydrogen) atoms. The summed E-state index contributed by atoms with van der Waals surface area (Å²) in [6, 6.07) is 8.08. The van der Waals surface area contributed by atoms with Crippen molar-refractivity contribution in [3.63, 3.8) is 0 Å². The smallest absolute Gasteiger partial charge is 0.165 e. The third-order valence-corrected chi connectivity index (χ3v) is 4.09. The van der Waals surface area contributed by atoms with E-state index in [-0.39, 0.29) is 12.6 Å². The molecular weight excluding hydrogens is 294 g/mol. The molecular formula is C13H14BrN3O. The topological polar surface area (TPSA) is 50.9 Å². The molecule has 0 radical (unpaired) electrons. The van der Waals surface area contributed by atoms with Crippen molar-refractivity contribution in [2.75, 3.05) is 6.61 Å². The molecule has 2 aromatic rings. The molecule has 0 spiro atoms. The van der Waals surface area contributed by atoms with Gasteiger partial charge in [0.1, 0.15) is 5.82 Å². The predicted molar refractivity (Wildman–Crippen MR) is 72.2 cm³/mol. The zero-order valence-corrected chi connectivity index (χ0v) is 11.5. The van der Waals surface area contributed by atoms with Gasteiger partial charge in [-0.15, -0.1) is 10.2 Å². The Kier molecular flexibility index (Phi) is 3.18. The molecule has 0 amide bonds. The second-order valence-corrected chi connectivity index (χ2v) is 5.37. The minimum atomic E-state index is 0.103. The number of aromatic nitrogens is 3. The average Bonchev–Trinajstić information content (AvgIpc) is 2.83. The summed E-state index contributed by atoms with van der Waals surface area (Å²) in [5.41, 5.74) is 1.02. The van der Waals surface area contributed by atoms with Crippen molar-refractivity contribution in [1.29, 1.82) is 0 Å². The van der Waals surface area contributed by atoms with E-state index in [0.29, 0.717) is 0 Å². The molecule has 2 heterocycles. The Labute approximate surface area is 114 Å². The van der Waals surface area contributed by atoms with Gasteiger partial charge in [-0.3, -0.25) is 0 Å². The molecule has 1 aromatic carbocycles. The van der Waals surface area contributed by atoms with Crippen LogP contribution in [0.2, 0.25) is 0 Å². The number of hydrogen-bond acceptors (Lipinski definition) is 3. The minimum Gasteiger partial charge on any atom is -0.394 e. The maximum absolute atomic E-state index is 9.51. The van der Waals surface area contributed by atoms with Crippen molar-refractivity contribution in [2.45, 2.75) is 25.3 Å². The van der Waals surface area contributed by atoms with Gasteiger partial charge in [0.25, 0.3) is 0 Å². The van der Waals surface area contributed by atoms with E-state index in [4.69, 9.17) is 0 Å². The van der Waals surface area contributed by atoms with Crippen LogP contribution in [0.25, 0.3) is 11.4 Å². The van der Waals surface area contributed by atoms with Gasteiger partial charge in [-0.05, 0) is 18.9 Å². The fraction of sp³-hybridized carbons (Fsp3) is 0.385. The van der Waals surface area contributed by atoms with Crippen LogP contribution in [0.4, 0.5) is 0 Å². The lowest BCUT2D eigenvalue weighted by atomic mass is 10.0. The summed E-state index contributed by atoms with van der Waals surface area (Å²) in [5.74, 6) is 1.82. The number of hydrogen-bond donors (Lipinski definition) is 1. The summed E-state index contributed by atoms with van der Waals surface area (Å²) in [6.07, 6.45) is 2.99. The van der Waals surface area contributed by atoms with Gasteiger partial charge in [0.2, 0.25) is 0 Å². The lowest BCUT2D eigenvalue weighted by Gasteiger charge is -2.24. The van der Waals surface area contributed by atoms with Crippen molar-refractivity contribution in [3.8, 4) is 11.4 Å². The van der Waals surface area contributed by atoms with Crippen LogP contribution in [0.3, 0.4) is 0 Å². The fourth-order valence-electron chi connectivity index (χ4n) is 2.50. The lowest BCUT2D eigenvalue weighted by molar-refractivity contribution is 0.207. The molecule has 3 rings (SSSR count). The first-order valence-electron chi connectivity index (χ1n) is 6.11. The number of aliphatic hydroxyl groups excluding tert-OH is 1. The zero-order valence-electron chi connectivity index (χ0n) is 9.88. The van der Waals surface area contributed by atoms with Gasteiger partial charge in [-0.25, -0.2) is 0 Å². The number of aliphatic hydroxyl groups is 1. The van der Waals surface area contributed by atoms with Gasteiger partial charge in [0.15, 0.2) is 5.82 Å². The van der Waals surface area contributed by atoms with Crippen LogP contribution in [0.5, 0.6) is 0 Å². The average molecular weight is 308 g/mol. The standard InChI is InChI=1S/C13H14BrN3O/c14-11-6-2-1-5-10(11)13-16-15-12-7-3-4-9(8-18)17(12)13/h1-2,5-6,9,18H,3-4,7-8H2. The number of aryl methyl sites for hydroxylation is 1. The maximum Gasteiger partial charge on any atom is 0.165 e. The first-order chi connectivity index (χ1) is 8.81. The Morgan fingerprint density at radius 1 is 1.33 bits per heavy atom. The summed E-state index contributed by atoms with van der Waals surface area (Å²) in [4.78, 5) is 0. The highest BCUT2D eigenvalue weighted by Gasteiger charge is 2.25. The molecule has 1 N–H and O–H groups in total. The van der Waals surface area contributed by atoms with Gasteiger partial charge in [-0.1, -0.05) is 34.1 Å². The summed E-state index contributed by atoms with van der Waals surface area (Å²) in [6.45, 7) is 0.141. The molecule has 5 heteroatoms. The Morgan fingerprint density at radius 3 is 2.94 bits per heavy atom. The molecule has 1 aromatic heterocycles. The zero-order chi connectivity index (χ0) is 12.5. The second-order valence-electron chi connectivity index (χ2n) is 4.52. The molecule has 1 atom stereocenters. The molecule has 0 saturated carbocycles. The maximum atomic E-state index is 9.51. The summed E-state index contributed by atoms with van der Waals surface area (Å²) < 4.78 is 3.09. The van der Waals surface area contributed by atoms with Crippen LogP contribution in [0.1, 0.15) is 24.7 Å². The monoisotopic (exact) mass is 307 g/mol. The third-order valence-electron chi connectivity index (χ3n) is 3.39. The molecule has 94 valence electrons. The third kappa shape index (κ3) is 1.87. The van der Waals surface area contributed by atoms with Gasteiger partial charge >= 0.3 is 0 Å². The summed E-state index contributed by atoms with van der Waals surface area (Å²) in [5, 5.41) is 18.1. The largest absolute Gasteiger partial charge is 0.394 e. The lowest BCUT2D eigenvalue weighted by Crippen LogP contribution is -2.21. The Hall–Kier alpha value is -1.20. The number of benzene rings is 1. The molecule has 4 nitrogen and oxygen atoms in total. The van der Waals surface area contributed by atoms with E-state index < -0.39 is 0 Å². The van der Waals surface area contributed by atoms with E-state index in [9.17, 15) is 5.11 Å². The van der Waals surface area contributed by atoms with Crippen LogP contribution >= 0.6 is 15.9 Å². The molecule has 0 bridgehead atoms. The molecule has 1 aliphatic heterocycles. The van der Waals surface area contributed by atoms with Gasteiger partial charge in [0, 0.05) is 16.5 Å². The second kappa shape index (κ2) is 4.82. The molecule has 0 saturated heterocycles. The number of fused-ring (bicyclic) bond motifs is 1. The van der Waals surface area contributed by atoms with Gasteiger partial charge < -0.3 is 9.67 Å². The molecule has 0 aliphatic carbocycles. The number of halogens is 1. The van der Waals surface area contributed by atoms with Crippen molar-refractivity contribution < 1.29 is 5.11 Å². The van der Waals surface area contributed by atoms with Crippen LogP contribution in [-0.2, 0) is 6.42 Å².